The number of aryl methyl sites for hydroxylation is 1. The van der Waals surface area contributed by atoms with E-state index in [0.29, 0.717) is 6.04 Å². The van der Waals surface area contributed by atoms with Gasteiger partial charge in [0.25, 0.3) is 0 Å². The Kier molecular flexibility index (Phi) is 4.93. The summed E-state index contributed by atoms with van der Waals surface area (Å²) in [6.07, 6.45) is 7.11. The minimum atomic E-state index is 0.540. The van der Waals surface area contributed by atoms with Crippen LogP contribution in [0.1, 0.15) is 49.4 Å². The van der Waals surface area contributed by atoms with Crippen LogP contribution in [0, 0.1) is 0 Å². The normalized spacial score (nSPS) is 17.6. The first-order valence-corrected chi connectivity index (χ1v) is 10.2. The first-order chi connectivity index (χ1) is 12.2. The topological polar surface area (TPSA) is 41.1 Å². The summed E-state index contributed by atoms with van der Waals surface area (Å²) in [6, 6.07) is 9.31. The summed E-state index contributed by atoms with van der Waals surface area (Å²) >= 11 is 3.60. The third-order valence-electron chi connectivity index (χ3n) is 5.32. The molecule has 25 heavy (non-hydrogen) atoms. The number of halogens is 1. The number of hydrogen-bond donors (Lipinski definition) is 1. The van der Waals surface area contributed by atoms with Crippen molar-refractivity contribution in [2.75, 3.05) is 16.8 Å². The highest BCUT2D eigenvalue weighted by Gasteiger charge is 2.20. The van der Waals surface area contributed by atoms with Crippen molar-refractivity contribution in [3.63, 3.8) is 0 Å². The van der Waals surface area contributed by atoms with Crippen LogP contribution in [0.3, 0.4) is 0 Å². The Bertz CT molecular complexity index is 755. The number of fused-ring (bicyclic) bond motifs is 1. The Morgan fingerprint density at radius 2 is 2.00 bits per heavy atom. The Balaban J connectivity index is 1.58. The smallest absolute Gasteiger partial charge is 0.225 e. The Hall–Kier alpha value is -1.62. The van der Waals surface area contributed by atoms with Crippen LogP contribution in [0.2, 0.25) is 0 Å². The van der Waals surface area contributed by atoms with E-state index in [-0.39, 0.29) is 0 Å². The van der Waals surface area contributed by atoms with E-state index in [1.54, 1.807) is 0 Å². The summed E-state index contributed by atoms with van der Waals surface area (Å²) in [5.41, 5.74) is 3.96. The first-order valence-electron chi connectivity index (χ1n) is 9.38. The van der Waals surface area contributed by atoms with E-state index in [2.05, 4.69) is 57.3 Å². The molecule has 1 aromatic heterocycles. The molecule has 132 valence electrons. The van der Waals surface area contributed by atoms with Gasteiger partial charge in [-0.1, -0.05) is 41.8 Å². The largest absolute Gasteiger partial charge is 0.352 e. The van der Waals surface area contributed by atoms with Crippen molar-refractivity contribution in [1.29, 1.82) is 0 Å². The van der Waals surface area contributed by atoms with Crippen LogP contribution < -0.4 is 10.2 Å². The van der Waals surface area contributed by atoms with Crippen LogP contribution in [-0.2, 0) is 19.4 Å². The Morgan fingerprint density at radius 3 is 2.80 bits per heavy atom. The maximum absolute atomic E-state index is 4.86. The number of hydrogen-bond acceptors (Lipinski definition) is 4. The van der Waals surface area contributed by atoms with Crippen molar-refractivity contribution in [3.8, 4) is 0 Å². The van der Waals surface area contributed by atoms with Crippen molar-refractivity contribution in [1.82, 2.24) is 9.97 Å². The lowest BCUT2D eigenvalue weighted by Gasteiger charge is -2.30. The van der Waals surface area contributed by atoms with Gasteiger partial charge in [-0.3, -0.25) is 0 Å². The third-order valence-corrected chi connectivity index (χ3v) is 5.81. The van der Waals surface area contributed by atoms with Gasteiger partial charge >= 0.3 is 0 Å². The quantitative estimate of drug-likeness (QED) is 0.805. The summed E-state index contributed by atoms with van der Waals surface area (Å²) in [6.45, 7) is 4.09. The third kappa shape index (κ3) is 3.81. The fourth-order valence-corrected chi connectivity index (χ4v) is 4.27. The Labute approximate surface area is 158 Å². The highest BCUT2D eigenvalue weighted by atomic mass is 79.9. The molecule has 0 spiro atoms. The first kappa shape index (κ1) is 16.8. The molecule has 1 N–H and O–H groups in total. The minimum Gasteiger partial charge on any atom is -0.352 e. The molecule has 4 nitrogen and oxygen atoms in total. The zero-order chi connectivity index (χ0) is 17.2. The number of benzene rings is 1. The van der Waals surface area contributed by atoms with Gasteiger partial charge in [-0.2, -0.15) is 4.98 Å². The van der Waals surface area contributed by atoms with E-state index >= 15 is 0 Å². The molecule has 2 heterocycles. The molecule has 0 bridgehead atoms. The lowest BCUT2D eigenvalue weighted by atomic mass is 10.00. The predicted molar refractivity (Wildman–Crippen MR) is 106 cm³/mol. The molecule has 1 aromatic carbocycles. The van der Waals surface area contributed by atoms with Gasteiger partial charge in [0.15, 0.2) is 0 Å². The highest BCUT2D eigenvalue weighted by molar-refractivity contribution is 9.10. The van der Waals surface area contributed by atoms with E-state index in [1.165, 1.54) is 36.8 Å². The van der Waals surface area contributed by atoms with Gasteiger partial charge in [0.1, 0.15) is 5.82 Å². The summed E-state index contributed by atoms with van der Waals surface area (Å²) < 4.78 is 1.15. The second kappa shape index (κ2) is 7.32. The van der Waals surface area contributed by atoms with Crippen LogP contribution in [0.25, 0.3) is 0 Å². The number of anilines is 2. The van der Waals surface area contributed by atoms with Crippen LogP contribution in [0.15, 0.2) is 28.7 Å². The van der Waals surface area contributed by atoms with Crippen molar-refractivity contribution in [2.24, 2.45) is 0 Å². The zero-order valence-corrected chi connectivity index (χ0v) is 16.3. The fourth-order valence-electron chi connectivity index (χ4n) is 3.86. The molecular weight excluding hydrogens is 376 g/mol. The molecule has 1 fully saturated rings. The average Bonchev–Trinajstić information content (AvgIpc) is 3.13. The minimum absolute atomic E-state index is 0.540. The van der Waals surface area contributed by atoms with Gasteiger partial charge in [-0.05, 0) is 48.9 Å². The molecule has 0 saturated heterocycles. The number of nitrogens with one attached hydrogen (secondary N) is 1. The molecule has 2 aliphatic rings. The molecule has 0 atom stereocenters. The lowest BCUT2D eigenvalue weighted by Crippen LogP contribution is -2.31. The van der Waals surface area contributed by atoms with Crippen LogP contribution in [0.5, 0.6) is 0 Å². The SMILES string of the molecule is CCc1cc(N2CCc3ccc(Br)cc3C2)nc(NC2CCCC2)n1. The van der Waals surface area contributed by atoms with Gasteiger partial charge in [-0.15, -0.1) is 0 Å². The maximum Gasteiger partial charge on any atom is 0.225 e. The van der Waals surface area contributed by atoms with Crippen molar-refractivity contribution >= 4 is 27.7 Å². The molecular formula is C20H25BrN4. The van der Waals surface area contributed by atoms with Gasteiger partial charge in [0.2, 0.25) is 5.95 Å². The summed E-state index contributed by atoms with van der Waals surface area (Å²) in [4.78, 5) is 12.0. The molecule has 5 heteroatoms. The van der Waals surface area contributed by atoms with E-state index in [0.717, 1.165) is 47.9 Å². The zero-order valence-electron chi connectivity index (χ0n) is 14.8. The molecule has 0 amide bonds. The monoisotopic (exact) mass is 400 g/mol. The molecule has 1 saturated carbocycles. The van der Waals surface area contributed by atoms with Gasteiger partial charge in [0.05, 0.1) is 0 Å². The van der Waals surface area contributed by atoms with E-state index < -0.39 is 0 Å². The van der Waals surface area contributed by atoms with Gasteiger partial charge < -0.3 is 10.2 Å². The molecule has 2 aromatic rings. The van der Waals surface area contributed by atoms with Crippen LogP contribution >= 0.6 is 15.9 Å². The molecule has 0 unspecified atom stereocenters. The Morgan fingerprint density at radius 1 is 1.16 bits per heavy atom. The highest BCUT2D eigenvalue weighted by Crippen LogP contribution is 2.27. The standard InChI is InChI=1S/C20H25BrN4/c1-2-17-12-19(24-20(22-17)23-18-5-3-4-6-18)25-10-9-14-7-8-16(21)11-15(14)13-25/h7-8,11-12,18H,2-6,9-10,13H2,1H3,(H,22,23,24). The predicted octanol–water partition coefficient (Wildman–Crippen LogP) is 4.72. The number of aromatic nitrogens is 2. The van der Waals surface area contributed by atoms with Crippen molar-refractivity contribution in [3.05, 3.63) is 45.6 Å². The van der Waals surface area contributed by atoms with Crippen LogP contribution in [-0.4, -0.2) is 22.6 Å². The molecule has 1 aliphatic heterocycles. The molecule has 1 aliphatic carbocycles. The second-order valence-electron chi connectivity index (χ2n) is 7.10. The summed E-state index contributed by atoms with van der Waals surface area (Å²) in [7, 11) is 0. The number of nitrogens with zero attached hydrogens (tertiary/aromatic N) is 3. The summed E-state index contributed by atoms with van der Waals surface area (Å²) in [5, 5.41) is 3.57. The fraction of sp³-hybridized carbons (Fsp3) is 0.500. The van der Waals surface area contributed by atoms with Gasteiger partial charge in [0, 0.05) is 35.4 Å². The average molecular weight is 401 g/mol. The lowest BCUT2D eigenvalue weighted by molar-refractivity contribution is 0.710. The summed E-state index contributed by atoms with van der Waals surface area (Å²) in [5.74, 6) is 1.86. The maximum atomic E-state index is 4.86. The number of rotatable bonds is 4. The van der Waals surface area contributed by atoms with E-state index in [9.17, 15) is 0 Å². The molecule has 0 radical (unpaired) electrons. The van der Waals surface area contributed by atoms with Crippen molar-refractivity contribution < 1.29 is 0 Å². The van der Waals surface area contributed by atoms with Crippen molar-refractivity contribution in [2.45, 2.75) is 58.0 Å². The van der Waals surface area contributed by atoms with Crippen LogP contribution in [0.4, 0.5) is 11.8 Å². The molecule has 4 rings (SSSR count). The van der Waals surface area contributed by atoms with E-state index in [4.69, 9.17) is 9.97 Å². The van der Waals surface area contributed by atoms with E-state index in [1.807, 2.05) is 0 Å². The van der Waals surface area contributed by atoms with Gasteiger partial charge in [-0.25, -0.2) is 4.98 Å². The second-order valence-corrected chi connectivity index (χ2v) is 8.02.